The molecule has 0 aromatic rings. The lowest BCUT2D eigenvalue weighted by Crippen LogP contribution is -2.41. The van der Waals surface area contributed by atoms with Crippen LogP contribution in [0.4, 0.5) is 4.79 Å². The normalized spacial score (nSPS) is 33.4. The predicted molar refractivity (Wildman–Crippen MR) is 170 cm³/mol. The lowest BCUT2D eigenvalue weighted by Gasteiger charge is -2.33. The molecular weight excluding hydrogens is 622 g/mol. The number of methoxy groups -OCH3 is 2. The number of carbonyl (C=O) groups excluding carboxylic acids is 2. The molecule has 2 bridgehead atoms. The van der Waals surface area contributed by atoms with E-state index in [-0.39, 0.29) is 35.9 Å². The molecule has 2 rings (SSSR count). The van der Waals surface area contributed by atoms with Gasteiger partial charge in [0, 0.05) is 38.0 Å². The number of primary amides is 1. The molecule has 0 saturated carbocycles. The molecule has 15 heteroatoms. The molecule has 0 spiro atoms. The third-order valence-electron chi connectivity index (χ3n) is 7.72. The van der Waals surface area contributed by atoms with Gasteiger partial charge >= 0.3 is 16.5 Å². The summed E-state index contributed by atoms with van der Waals surface area (Å²) in [5, 5.41) is 28.4. The maximum absolute atomic E-state index is 13.2. The van der Waals surface area contributed by atoms with Crippen LogP contribution in [0.15, 0.2) is 71.1 Å². The van der Waals surface area contributed by atoms with Crippen LogP contribution in [0.25, 0.3) is 0 Å². The molecule has 8 atom stereocenters. The molecule has 14 nitrogen and oxygen atoms in total. The molecule has 1 aliphatic heterocycles. The van der Waals surface area contributed by atoms with Crippen molar-refractivity contribution in [1.29, 1.82) is 0 Å². The Morgan fingerprint density at radius 3 is 2.43 bits per heavy atom. The highest BCUT2D eigenvalue weighted by Crippen LogP contribution is 2.33. The summed E-state index contributed by atoms with van der Waals surface area (Å²) < 4.78 is 54.7. The van der Waals surface area contributed by atoms with E-state index >= 15 is 0 Å². The number of hydrogen-bond donors (Lipinski definition) is 6. The molecule has 1 heterocycles. The summed E-state index contributed by atoms with van der Waals surface area (Å²) in [6.07, 6.45) is 2.08. The molecule has 2 aliphatic rings. The van der Waals surface area contributed by atoms with Gasteiger partial charge in [-0.1, -0.05) is 44.2 Å². The van der Waals surface area contributed by atoms with Gasteiger partial charge in [-0.2, -0.15) is 8.42 Å². The zero-order chi connectivity index (χ0) is 34.8. The van der Waals surface area contributed by atoms with E-state index in [1.54, 1.807) is 26.0 Å². The number of nitrogens with one attached hydrogen (secondary N) is 2. The third kappa shape index (κ3) is 11.2. The number of fused-ring (bicyclic) bond motifs is 2. The Labute approximate surface area is 270 Å². The average Bonchev–Trinajstić information content (AvgIpc) is 2.97. The zero-order valence-corrected chi connectivity index (χ0v) is 27.8. The second kappa shape index (κ2) is 17.6. The Kier molecular flexibility index (Phi) is 14.8. The molecule has 0 aromatic heterocycles. The summed E-state index contributed by atoms with van der Waals surface area (Å²) in [6.45, 7) is 10.7. The first-order valence-electron chi connectivity index (χ1n) is 14.7. The summed E-state index contributed by atoms with van der Waals surface area (Å²) >= 11 is 0. The van der Waals surface area contributed by atoms with Crippen LogP contribution in [-0.4, -0.2) is 92.6 Å². The smallest absolute Gasteiger partial charge is 0.405 e. The summed E-state index contributed by atoms with van der Waals surface area (Å²) in [4.78, 5) is 25.0. The number of amides is 2. The SMILES string of the molecule is C=CCNC1=C2C[C@@H](C)C[C@H](OC)[C@H](O)[C@@H](C)/C=C(\C)[C@H](OC(N)=O)[C@@H](OC)/C=C\C=C(/C)C(=O)NC(=CC1OS(=O)(=O)O)C2O. The third-order valence-corrected chi connectivity index (χ3v) is 8.18. The Hall–Kier alpha value is -3.31. The number of ether oxygens (including phenoxy) is 3. The monoisotopic (exact) mass is 669 g/mol. The number of allylic oxidation sites excluding steroid dienone is 2. The molecule has 7 N–H and O–H groups in total. The van der Waals surface area contributed by atoms with Crippen molar-refractivity contribution in [3.05, 3.63) is 71.1 Å². The molecule has 1 aliphatic carbocycles. The van der Waals surface area contributed by atoms with Gasteiger partial charge in [-0.05, 0) is 49.8 Å². The number of nitrogens with two attached hydrogens (primary N) is 1. The predicted octanol–water partition coefficient (Wildman–Crippen LogP) is 1.95. The molecule has 0 aromatic carbocycles. The van der Waals surface area contributed by atoms with E-state index in [2.05, 4.69) is 17.2 Å². The van der Waals surface area contributed by atoms with Crippen LogP contribution in [0.1, 0.15) is 40.5 Å². The quantitative estimate of drug-likeness (QED) is 0.162. The first-order chi connectivity index (χ1) is 21.5. The first kappa shape index (κ1) is 38.9. The van der Waals surface area contributed by atoms with Crippen LogP contribution < -0.4 is 16.4 Å². The van der Waals surface area contributed by atoms with Crippen LogP contribution in [0, 0.1) is 11.8 Å². The van der Waals surface area contributed by atoms with Gasteiger partial charge in [-0.15, -0.1) is 6.58 Å². The summed E-state index contributed by atoms with van der Waals surface area (Å²) in [5.74, 6) is -1.39. The summed E-state index contributed by atoms with van der Waals surface area (Å²) in [7, 11) is -2.11. The van der Waals surface area contributed by atoms with Crippen LogP contribution >= 0.6 is 0 Å². The number of carbonyl (C=O) groups is 2. The van der Waals surface area contributed by atoms with Gasteiger partial charge in [-0.3, -0.25) is 9.35 Å². The number of hydrogen-bond acceptors (Lipinski definition) is 11. The lowest BCUT2D eigenvalue weighted by molar-refractivity contribution is -0.117. The van der Waals surface area contributed by atoms with Gasteiger partial charge < -0.3 is 40.8 Å². The number of aliphatic hydroxyl groups is 2. The van der Waals surface area contributed by atoms with Crippen molar-refractivity contribution in [2.45, 2.75) is 77.2 Å². The summed E-state index contributed by atoms with van der Waals surface area (Å²) in [6, 6.07) is 0. The topological polar surface area (TPSA) is 216 Å². The second-order valence-corrected chi connectivity index (χ2v) is 12.5. The van der Waals surface area contributed by atoms with Crippen molar-refractivity contribution < 1.29 is 51.2 Å². The zero-order valence-electron chi connectivity index (χ0n) is 27.0. The van der Waals surface area contributed by atoms with Crippen LogP contribution in [0.5, 0.6) is 0 Å². The molecule has 258 valence electrons. The van der Waals surface area contributed by atoms with Crippen molar-refractivity contribution >= 4 is 22.4 Å². The Morgan fingerprint density at radius 2 is 1.87 bits per heavy atom. The molecule has 2 amide bonds. The van der Waals surface area contributed by atoms with Crippen molar-refractivity contribution in [1.82, 2.24) is 10.6 Å². The van der Waals surface area contributed by atoms with Crippen LogP contribution in [0.2, 0.25) is 0 Å². The van der Waals surface area contributed by atoms with Crippen LogP contribution in [-0.2, 0) is 33.6 Å². The highest BCUT2D eigenvalue weighted by molar-refractivity contribution is 7.80. The van der Waals surface area contributed by atoms with Gasteiger partial charge in [0.1, 0.15) is 18.3 Å². The van der Waals surface area contributed by atoms with Gasteiger partial charge in [0.05, 0.1) is 17.9 Å². The molecule has 0 fully saturated rings. The van der Waals surface area contributed by atoms with Crippen molar-refractivity contribution in [2.75, 3.05) is 20.8 Å². The number of aliphatic hydroxyl groups excluding tert-OH is 2. The highest BCUT2D eigenvalue weighted by atomic mass is 32.3. The minimum atomic E-state index is -4.97. The van der Waals surface area contributed by atoms with E-state index in [0.29, 0.717) is 17.6 Å². The van der Waals surface area contributed by atoms with E-state index in [9.17, 15) is 32.8 Å². The molecule has 0 saturated heterocycles. The minimum absolute atomic E-state index is 0.0684. The standard InChI is InChI=1S/C31H47N3O11S/c1-8-12-33-26-21-13-17(2)14-25(43-7)27(35)19(4)15-20(5)29(44-31(32)38)23(42-6)11-9-10-18(3)30(37)34-22(28(21)36)16-24(26)45-46(39,40)41/h8-11,15-17,19,23-25,27-29,33,35-36H,1,12-14H2,2-7H3,(H2,32,38)(H,34,37)(H,39,40,41)/b11-9-,18-10+,20-15+/t17-,19+,23+,24?,25+,27-,28?,29+/m1/s1. The van der Waals surface area contributed by atoms with Crippen molar-refractivity contribution in [3.63, 3.8) is 0 Å². The fraction of sp³-hybridized carbons (Fsp3) is 0.548. The largest absolute Gasteiger partial charge is 0.439 e. The average molecular weight is 670 g/mol. The fourth-order valence-electron chi connectivity index (χ4n) is 5.43. The molecule has 2 unspecified atom stereocenters. The Morgan fingerprint density at radius 1 is 1.20 bits per heavy atom. The Balaban J connectivity index is 2.72. The van der Waals surface area contributed by atoms with Gasteiger partial charge in [0.15, 0.2) is 6.10 Å². The van der Waals surface area contributed by atoms with E-state index in [1.165, 1.54) is 45.4 Å². The van der Waals surface area contributed by atoms with E-state index in [0.717, 1.165) is 0 Å². The van der Waals surface area contributed by atoms with Gasteiger partial charge in [0.2, 0.25) is 0 Å². The fourth-order valence-corrected chi connectivity index (χ4v) is 5.84. The molecule has 46 heavy (non-hydrogen) atoms. The summed E-state index contributed by atoms with van der Waals surface area (Å²) in [5.41, 5.74) is 6.49. The maximum Gasteiger partial charge on any atom is 0.405 e. The number of rotatable bonds is 8. The van der Waals surface area contributed by atoms with E-state index < -0.39 is 64.9 Å². The van der Waals surface area contributed by atoms with Gasteiger partial charge in [-0.25, -0.2) is 8.98 Å². The van der Waals surface area contributed by atoms with Gasteiger partial charge in [0.25, 0.3) is 5.91 Å². The lowest BCUT2D eigenvalue weighted by atomic mass is 9.84. The van der Waals surface area contributed by atoms with Crippen molar-refractivity contribution in [2.24, 2.45) is 17.6 Å². The highest BCUT2D eigenvalue weighted by Gasteiger charge is 2.36. The first-order valence-corrected chi connectivity index (χ1v) is 16.1. The van der Waals surface area contributed by atoms with Crippen molar-refractivity contribution in [3.8, 4) is 0 Å². The van der Waals surface area contributed by atoms with E-state index in [4.69, 9.17) is 24.1 Å². The maximum atomic E-state index is 13.2. The Bertz CT molecular complexity index is 1370. The minimum Gasteiger partial charge on any atom is -0.439 e. The van der Waals surface area contributed by atoms with Crippen LogP contribution in [0.3, 0.4) is 0 Å². The molecular formula is C31H47N3O11S. The van der Waals surface area contributed by atoms with E-state index in [1.807, 2.05) is 6.92 Å². The second-order valence-electron chi connectivity index (χ2n) is 11.4. The molecule has 0 radical (unpaired) electrons.